The Bertz CT molecular complexity index is 381. The summed E-state index contributed by atoms with van der Waals surface area (Å²) < 4.78 is 13.1. The van der Waals surface area contributed by atoms with Crippen LogP contribution in [-0.2, 0) is 4.93 Å². The van der Waals surface area contributed by atoms with Gasteiger partial charge in [-0.25, -0.2) is 4.39 Å². The van der Waals surface area contributed by atoms with Crippen LogP contribution in [0.1, 0.15) is 30.0 Å². The highest BCUT2D eigenvalue weighted by Gasteiger charge is 2.34. The quantitative estimate of drug-likeness (QED) is 0.506. The fourth-order valence-electron chi connectivity index (χ4n) is 2.12. The first-order valence-electron chi connectivity index (χ1n) is 4.96. The van der Waals surface area contributed by atoms with Crippen molar-refractivity contribution in [3.63, 3.8) is 0 Å². The van der Waals surface area contributed by atoms with Gasteiger partial charge in [0.25, 0.3) is 0 Å². The van der Waals surface area contributed by atoms with Crippen LogP contribution in [0.3, 0.4) is 0 Å². The Hall–Kier alpha value is -0.580. The summed E-state index contributed by atoms with van der Waals surface area (Å²) in [4.78, 5) is -1.13. The van der Waals surface area contributed by atoms with Crippen LogP contribution < -0.4 is 5.32 Å². The number of thiol groups is 1. The molecule has 2 rings (SSSR count). The Morgan fingerprint density at radius 2 is 2.33 bits per heavy atom. The lowest BCUT2D eigenvalue weighted by atomic mass is 9.85. The molecule has 0 amide bonds. The van der Waals surface area contributed by atoms with Gasteiger partial charge in [0.2, 0.25) is 0 Å². The number of halogens is 1. The maximum absolute atomic E-state index is 13.1. The predicted molar refractivity (Wildman–Crippen MR) is 60.3 cm³/mol. The summed E-state index contributed by atoms with van der Waals surface area (Å²) in [6.45, 7) is 0. The number of fused-ring (bicyclic) bond motifs is 1. The highest BCUT2D eigenvalue weighted by Crippen LogP contribution is 2.42. The van der Waals surface area contributed by atoms with Crippen LogP contribution in [-0.4, -0.2) is 12.2 Å². The second-order valence-corrected chi connectivity index (χ2v) is 4.67. The number of rotatable bonds is 1. The molecule has 0 radical (unpaired) electrons. The molecule has 0 saturated carbocycles. The van der Waals surface area contributed by atoms with Gasteiger partial charge in [-0.1, -0.05) is 6.07 Å². The first kappa shape index (κ1) is 10.9. The second kappa shape index (κ2) is 3.77. The van der Waals surface area contributed by atoms with Crippen LogP contribution in [0, 0.1) is 5.82 Å². The molecule has 2 N–H and O–H groups in total. The van der Waals surface area contributed by atoms with Crippen molar-refractivity contribution >= 4 is 12.6 Å². The van der Waals surface area contributed by atoms with Gasteiger partial charge in [-0.05, 0) is 43.1 Å². The minimum Gasteiger partial charge on any atom is -0.376 e. The van der Waals surface area contributed by atoms with Gasteiger partial charge >= 0.3 is 0 Å². The standard InChI is InChI=1S/C11H14FNOS/c1-13-10-4-5-11(14,15)9-3-2-7(12)6-8(9)10/h2-3,6,10,13-15H,4-5H2,1H3. The number of hydrogen-bond acceptors (Lipinski definition) is 3. The average molecular weight is 227 g/mol. The second-order valence-electron chi connectivity index (χ2n) is 3.93. The van der Waals surface area contributed by atoms with E-state index in [1.807, 2.05) is 7.05 Å². The van der Waals surface area contributed by atoms with Crippen molar-refractivity contribution in [2.45, 2.75) is 23.8 Å². The van der Waals surface area contributed by atoms with Crippen LogP contribution in [0.5, 0.6) is 0 Å². The van der Waals surface area contributed by atoms with Crippen molar-refractivity contribution < 1.29 is 9.50 Å². The zero-order chi connectivity index (χ0) is 11.1. The number of benzene rings is 1. The lowest BCUT2D eigenvalue weighted by Gasteiger charge is -2.34. The summed E-state index contributed by atoms with van der Waals surface area (Å²) in [6.07, 6.45) is 1.33. The largest absolute Gasteiger partial charge is 0.376 e. The van der Waals surface area contributed by atoms with Crippen molar-refractivity contribution in [2.24, 2.45) is 0 Å². The van der Waals surface area contributed by atoms with Crippen LogP contribution in [0.25, 0.3) is 0 Å². The molecule has 15 heavy (non-hydrogen) atoms. The van der Waals surface area contributed by atoms with Crippen molar-refractivity contribution in [3.05, 3.63) is 35.1 Å². The highest BCUT2D eigenvalue weighted by atomic mass is 32.1. The first-order valence-corrected chi connectivity index (χ1v) is 5.41. The highest BCUT2D eigenvalue weighted by molar-refractivity contribution is 7.81. The monoisotopic (exact) mass is 227 g/mol. The summed E-state index contributed by atoms with van der Waals surface area (Å²) in [7, 11) is 1.84. The summed E-state index contributed by atoms with van der Waals surface area (Å²) >= 11 is 4.22. The molecule has 1 aliphatic rings. The SMILES string of the molecule is CNC1CCC(O)(S)c2ccc(F)cc21. The van der Waals surface area contributed by atoms with Crippen LogP contribution in [0.2, 0.25) is 0 Å². The van der Waals surface area contributed by atoms with Crippen molar-refractivity contribution in [1.29, 1.82) is 0 Å². The molecule has 0 aliphatic heterocycles. The Morgan fingerprint density at radius 3 is 3.00 bits per heavy atom. The Morgan fingerprint density at radius 1 is 1.60 bits per heavy atom. The van der Waals surface area contributed by atoms with E-state index in [1.165, 1.54) is 12.1 Å². The van der Waals surface area contributed by atoms with E-state index in [-0.39, 0.29) is 11.9 Å². The first-order chi connectivity index (χ1) is 7.04. The molecule has 0 aromatic heterocycles. The predicted octanol–water partition coefficient (Wildman–Crippen LogP) is 1.95. The maximum atomic E-state index is 13.1. The van der Waals surface area contributed by atoms with Gasteiger partial charge in [0.15, 0.2) is 0 Å². The maximum Gasteiger partial charge on any atom is 0.133 e. The molecular formula is C11H14FNOS. The minimum absolute atomic E-state index is 0.100. The molecule has 0 bridgehead atoms. The van der Waals surface area contributed by atoms with Crippen LogP contribution >= 0.6 is 12.6 Å². The lowest BCUT2D eigenvalue weighted by molar-refractivity contribution is 0.111. The van der Waals surface area contributed by atoms with E-state index >= 15 is 0 Å². The molecule has 0 saturated heterocycles. The fraction of sp³-hybridized carbons (Fsp3) is 0.455. The zero-order valence-electron chi connectivity index (χ0n) is 8.50. The molecule has 0 spiro atoms. The number of aliphatic hydroxyl groups is 1. The molecule has 2 unspecified atom stereocenters. The minimum atomic E-state index is -1.13. The molecule has 1 aromatic carbocycles. The molecule has 1 aromatic rings. The molecule has 2 atom stereocenters. The molecule has 82 valence electrons. The van der Waals surface area contributed by atoms with E-state index < -0.39 is 4.93 Å². The zero-order valence-corrected chi connectivity index (χ0v) is 9.39. The molecule has 2 nitrogen and oxygen atoms in total. The lowest BCUT2D eigenvalue weighted by Crippen LogP contribution is -2.31. The van der Waals surface area contributed by atoms with E-state index in [0.717, 1.165) is 12.0 Å². The molecule has 0 heterocycles. The van der Waals surface area contributed by atoms with Gasteiger partial charge in [-0.2, -0.15) is 0 Å². The average Bonchev–Trinajstić information content (AvgIpc) is 2.17. The van der Waals surface area contributed by atoms with Crippen LogP contribution in [0.4, 0.5) is 4.39 Å². The third-order valence-electron chi connectivity index (χ3n) is 2.95. The fourth-order valence-corrected chi connectivity index (χ4v) is 2.45. The van der Waals surface area contributed by atoms with E-state index in [0.29, 0.717) is 12.0 Å². The Labute approximate surface area is 93.9 Å². The summed E-state index contributed by atoms with van der Waals surface area (Å²) in [5, 5.41) is 13.2. The molecule has 4 heteroatoms. The van der Waals surface area contributed by atoms with Gasteiger partial charge in [0, 0.05) is 6.04 Å². The van der Waals surface area contributed by atoms with Crippen molar-refractivity contribution in [2.75, 3.05) is 7.05 Å². The summed E-state index contributed by atoms with van der Waals surface area (Å²) in [5.41, 5.74) is 1.51. The third-order valence-corrected chi connectivity index (χ3v) is 3.41. The van der Waals surface area contributed by atoms with Crippen LogP contribution in [0.15, 0.2) is 18.2 Å². The smallest absolute Gasteiger partial charge is 0.133 e. The third kappa shape index (κ3) is 1.89. The van der Waals surface area contributed by atoms with E-state index in [4.69, 9.17) is 0 Å². The Kier molecular flexibility index (Phi) is 2.75. The van der Waals surface area contributed by atoms with E-state index in [2.05, 4.69) is 17.9 Å². The molecular weight excluding hydrogens is 213 g/mol. The van der Waals surface area contributed by atoms with E-state index in [1.54, 1.807) is 6.07 Å². The van der Waals surface area contributed by atoms with Gasteiger partial charge in [-0.15, -0.1) is 12.6 Å². The van der Waals surface area contributed by atoms with E-state index in [9.17, 15) is 9.50 Å². The van der Waals surface area contributed by atoms with Gasteiger partial charge < -0.3 is 10.4 Å². The molecule has 1 aliphatic carbocycles. The van der Waals surface area contributed by atoms with Gasteiger partial charge in [0.1, 0.15) is 10.8 Å². The normalized spacial score (nSPS) is 30.0. The summed E-state index contributed by atoms with van der Waals surface area (Å²) in [5.74, 6) is -0.278. The van der Waals surface area contributed by atoms with Gasteiger partial charge in [0.05, 0.1) is 0 Å². The molecule has 0 fully saturated rings. The van der Waals surface area contributed by atoms with Crippen molar-refractivity contribution in [3.8, 4) is 0 Å². The summed E-state index contributed by atoms with van der Waals surface area (Å²) in [6, 6.07) is 4.54. The number of hydrogen-bond donors (Lipinski definition) is 3. The topological polar surface area (TPSA) is 32.3 Å². The van der Waals surface area contributed by atoms with Gasteiger partial charge in [-0.3, -0.25) is 0 Å². The van der Waals surface area contributed by atoms with Crippen molar-refractivity contribution in [1.82, 2.24) is 5.32 Å². The number of nitrogens with one attached hydrogen (secondary N) is 1. The Balaban J connectivity index is 2.53.